The molecule has 1 aliphatic carbocycles. The number of cyclic esters (lactones) is 1. The van der Waals surface area contributed by atoms with E-state index in [-0.39, 0.29) is 24.2 Å². The molecule has 2 aliphatic rings. The first-order valence-electron chi connectivity index (χ1n) is 10.1. The highest BCUT2D eigenvalue weighted by Gasteiger charge is 2.41. The van der Waals surface area contributed by atoms with E-state index in [2.05, 4.69) is 45.1 Å². The molecule has 3 rings (SSSR count). The molecule has 0 amide bonds. The number of carbonyl (C=O) groups excluding carboxylic acids is 1. The van der Waals surface area contributed by atoms with Gasteiger partial charge < -0.3 is 14.8 Å². The summed E-state index contributed by atoms with van der Waals surface area (Å²) in [6.07, 6.45) is 3.58. The quantitative estimate of drug-likeness (QED) is 0.762. The van der Waals surface area contributed by atoms with Gasteiger partial charge in [0, 0.05) is 6.04 Å². The fraction of sp³-hybridized carbons (Fsp3) is 0.682. The van der Waals surface area contributed by atoms with Crippen molar-refractivity contribution < 1.29 is 14.3 Å². The van der Waals surface area contributed by atoms with Gasteiger partial charge in [0.05, 0.1) is 18.6 Å². The Kier molecular flexibility index (Phi) is 6.36. The number of esters is 1. The molecule has 0 bridgehead atoms. The Morgan fingerprint density at radius 1 is 1.15 bits per heavy atom. The zero-order valence-electron chi connectivity index (χ0n) is 16.5. The Labute approximate surface area is 157 Å². The molecule has 0 aromatic heterocycles. The first kappa shape index (κ1) is 19.4. The molecule has 1 saturated carbocycles. The molecule has 6 atom stereocenters. The topological polar surface area (TPSA) is 47.6 Å². The number of rotatable bonds is 6. The molecular weight excluding hydrogens is 326 g/mol. The van der Waals surface area contributed by atoms with Gasteiger partial charge in [0.1, 0.15) is 0 Å². The van der Waals surface area contributed by atoms with E-state index in [4.69, 9.17) is 9.47 Å². The van der Waals surface area contributed by atoms with E-state index in [9.17, 15) is 4.79 Å². The highest BCUT2D eigenvalue weighted by Crippen LogP contribution is 2.37. The van der Waals surface area contributed by atoms with Crippen LogP contribution < -0.4 is 5.32 Å². The zero-order chi connectivity index (χ0) is 18.7. The number of ether oxygens (including phenoxy) is 2. The van der Waals surface area contributed by atoms with Crippen molar-refractivity contribution in [3.05, 3.63) is 35.9 Å². The second-order valence-electron chi connectivity index (χ2n) is 8.47. The van der Waals surface area contributed by atoms with E-state index in [1.807, 2.05) is 18.2 Å². The van der Waals surface area contributed by atoms with Crippen molar-refractivity contribution in [2.75, 3.05) is 0 Å². The minimum Gasteiger partial charge on any atom is -0.434 e. The average Bonchev–Trinajstić information content (AvgIpc) is 2.94. The summed E-state index contributed by atoms with van der Waals surface area (Å²) in [6.45, 7) is 8.95. The summed E-state index contributed by atoms with van der Waals surface area (Å²) in [4.78, 5) is 12.0. The lowest BCUT2D eigenvalue weighted by Gasteiger charge is -2.39. The third-order valence-corrected chi connectivity index (χ3v) is 6.00. The number of benzene rings is 1. The Morgan fingerprint density at radius 3 is 2.58 bits per heavy atom. The molecule has 1 saturated heterocycles. The predicted molar refractivity (Wildman–Crippen MR) is 102 cm³/mol. The first-order chi connectivity index (χ1) is 12.4. The van der Waals surface area contributed by atoms with Crippen LogP contribution in [0, 0.1) is 17.8 Å². The molecule has 2 fully saturated rings. The lowest BCUT2D eigenvalue weighted by molar-refractivity contribution is -0.191. The van der Waals surface area contributed by atoms with Crippen LogP contribution in [0.2, 0.25) is 0 Å². The molecule has 1 aromatic carbocycles. The lowest BCUT2D eigenvalue weighted by Crippen LogP contribution is -2.44. The minimum absolute atomic E-state index is 0.0947. The average molecular weight is 360 g/mol. The summed E-state index contributed by atoms with van der Waals surface area (Å²) in [6, 6.07) is 10.3. The van der Waals surface area contributed by atoms with Gasteiger partial charge in [0.15, 0.2) is 0 Å². The van der Waals surface area contributed by atoms with Crippen LogP contribution in [0.15, 0.2) is 30.3 Å². The van der Waals surface area contributed by atoms with Crippen LogP contribution in [-0.4, -0.2) is 24.4 Å². The molecule has 4 heteroatoms. The maximum atomic E-state index is 12.0. The van der Waals surface area contributed by atoms with Crippen LogP contribution in [0.3, 0.4) is 0 Å². The standard InChI is InChI=1S/C22H33NO3/c1-14(2)18-11-10-15(3)12-20(18)25-22-19(13-21(24)26-22)23-16(4)17-8-6-5-7-9-17/h5-9,14-16,18-20,22-23H,10-13H2,1-4H3/t15-,16-,18+,19-,20-,22-/m1/s1. The maximum Gasteiger partial charge on any atom is 0.309 e. The van der Waals surface area contributed by atoms with Gasteiger partial charge in [-0.1, -0.05) is 57.5 Å². The van der Waals surface area contributed by atoms with Crippen molar-refractivity contribution in [2.45, 2.75) is 77.9 Å². The summed E-state index contributed by atoms with van der Waals surface area (Å²) in [5.41, 5.74) is 1.21. The Balaban J connectivity index is 1.66. The largest absolute Gasteiger partial charge is 0.434 e. The third-order valence-electron chi connectivity index (χ3n) is 6.00. The van der Waals surface area contributed by atoms with E-state index < -0.39 is 6.29 Å². The fourth-order valence-corrected chi connectivity index (χ4v) is 4.40. The van der Waals surface area contributed by atoms with Crippen LogP contribution in [0.5, 0.6) is 0 Å². The molecular formula is C22H33NO3. The van der Waals surface area contributed by atoms with Crippen LogP contribution >= 0.6 is 0 Å². The smallest absolute Gasteiger partial charge is 0.309 e. The van der Waals surface area contributed by atoms with Gasteiger partial charge >= 0.3 is 5.97 Å². The van der Waals surface area contributed by atoms with Gasteiger partial charge in [0.25, 0.3) is 0 Å². The van der Waals surface area contributed by atoms with E-state index >= 15 is 0 Å². The predicted octanol–water partition coefficient (Wildman–Crippen LogP) is 4.46. The van der Waals surface area contributed by atoms with Crippen molar-refractivity contribution in [1.29, 1.82) is 0 Å². The summed E-state index contributed by atoms with van der Waals surface area (Å²) in [5.74, 6) is 1.62. The van der Waals surface area contributed by atoms with Gasteiger partial charge in [-0.15, -0.1) is 0 Å². The lowest BCUT2D eigenvalue weighted by atomic mass is 9.75. The molecule has 26 heavy (non-hydrogen) atoms. The summed E-state index contributed by atoms with van der Waals surface area (Å²) < 4.78 is 12.0. The van der Waals surface area contributed by atoms with Crippen LogP contribution in [0.4, 0.5) is 0 Å². The van der Waals surface area contributed by atoms with Gasteiger partial charge in [-0.2, -0.15) is 0 Å². The minimum atomic E-state index is -0.481. The van der Waals surface area contributed by atoms with Gasteiger partial charge in [-0.3, -0.25) is 4.79 Å². The molecule has 0 spiro atoms. The third kappa shape index (κ3) is 4.66. The van der Waals surface area contributed by atoms with Gasteiger partial charge in [-0.05, 0) is 43.1 Å². The van der Waals surface area contributed by atoms with Crippen molar-refractivity contribution in [3.8, 4) is 0 Å². The van der Waals surface area contributed by atoms with Crippen molar-refractivity contribution in [3.63, 3.8) is 0 Å². The first-order valence-corrected chi connectivity index (χ1v) is 10.1. The van der Waals surface area contributed by atoms with Crippen molar-refractivity contribution >= 4 is 5.97 Å². The molecule has 1 aromatic rings. The second-order valence-corrected chi connectivity index (χ2v) is 8.47. The zero-order valence-corrected chi connectivity index (χ0v) is 16.5. The molecule has 4 nitrogen and oxygen atoms in total. The number of carbonyl (C=O) groups is 1. The molecule has 1 aliphatic heterocycles. The molecule has 1 N–H and O–H groups in total. The Bertz CT molecular complexity index is 588. The van der Waals surface area contributed by atoms with E-state index in [0.717, 1.165) is 6.42 Å². The van der Waals surface area contributed by atoms with Crippen molar-refractivity contribution in [2.24, 2.45) is 17.8 Å². The normalized spacial score (nSPS) is 33.3. The molecule has 0 unspecified atom stereocenters. The van der Waals surface area contributed by atoms with E-state index in [0.29, 0.717) is 24.2 Å². The number of hydrogen-bond donors (Lipinski definition) is 1. The van der Waals surface area contributed by atoms with E-state index in [1.165, 1.54) is 18.4 Å². The van der Waals surface area contributed by atoms with Crippen LogP contribution in [0.25, 0.3) is 0 Å². The SMILES string of the molecule is CC(C)[C@@H]1CC[C@@H](C)C[C@H]1O[C@@H]1OC(=O)C[C@H]1N[C@H](C)c1ccccc1. The Hall–Kier alpha value is -1.39. The Morgan fingerprint density at radius 2 is 1.88 bits per heavy atom. The summed E-state index contributed by atoms with van der Waals surface area (Å²) in [5, 5.41) is 3.55. The van der Waals surface area contributed by atoms with Crippen LogP contribution in [-0.2, 0) is 14.3 Å². The number of hydrogen-bond acceptors (Lipinski definition) is 4. The fourth-order valence-electron chi connectivity index (χ4n) is 4.40. The molecule has 144 valence electrons. The van der Waals surface area contributed by atoms with Crippen LogP contribution in [0.1, 0.15) is 65.0 Å². The highest BCUT2D eigenvalue weighted by atomic mass is 16.7. The highest BCUT2D eigenvalue weighted by molar-refractivity contribution is 5.72. The van der Waals surface area contributed by atoms with Gasteiger partial charge in [0.2, 0.25) is 6.29 Å². The molecule has 1 heterocycles. The second kappa shape index (κ2) is 8.53. The van der Waals surface area contributed by atoms with Crippen molar-refractivity contribution in [1.82, 2.24) is 5.32 Å². The maximum absolute atomic E-state index is 12.0. The van der Waals surface area contributed by atoms with E-state index in [1.54, 1.807) is 0 Å². The summed E-state index contributed by atoms with van der Waals surface area (Å²) >= 11 is 0. The number of nitrogens with one attached hydrogen (secondary N) is 1. The monoisotopic (exact) mass is 359 g/mol. The molecule has 0 radical (unpaired) electrons. The van der Waals surface area contributed by atoms with Gasteiger partial charge in [-0.25, -0.2) is 0 Å². The summed E-state index contributed by atoms with van der Waals surface area (Å²) in [7, 11) is 0.